The van der Waals surface area contributed by atoms with E-state index in [1.807, 2.05) is 16.7 Å². The van der Waals surface area contributed by atoms with Gasteiger partial charge in [-0.3, -0.25) is 14.9 Å². The highest BCUT2D eigenvalue weighted by Gasteiger charge is 2.54. The molecule has 0 N–H and O–H groups in total. The fourth-order valence-corrected chi connectivity index (χ4v) is 4.88. The first-order valence-electron chi connectivity index (χ1n) is 11.7. The number of carbonyl (C=O) groups excluding carboxylic acids is 1. The molecule has 0 aromatic rings. The number of aliphatic imine (C=N–C) groups is 2. The maximum atomic E-state index is 13.4. The van der Waals surface area contributed by atoms with Gasteiger partial charge >= 0.3 is 6.03 Å². The van der Waals surface area contributed by atoms with Gasteiger partial charge in [0.2, 0.25) is 0 Å². The predicted octanol–water partition coefficient (Wildman–Crippen LogP) is 3.14. The molecule has 2 fully saturated rings. The predicted molar refractivity (Wildman–Crippen MR) is 129 cm³/mol. The van der Waals surface area contributed by atoms with Gasteiger partial charge in [-0.25, -0.2) is 4.79 Å². The lowest BCUT2D eigenvalue weighted by Gasteiger charge is -2.61. The number of carbonyl (C=O) groups is 1. The van der Waals surface area contributed by atoms with Crippen LogP contribution in [0.2, 0.25) is 0 Å². The average molecular weight is 438 g/mol. The van der Waals surface area contributed by atoms with Crippen molar-refractivity contribution in [3.63, 3.8) is 0 Å². The Morgan fingerprint density at radius 3 is 2.69 bits per heavy atom. The SMILES string of the molecule is C=C/C=N\C/C(=N\CC)N1CC2(CN(C(=O)N3CCOCC4=C3C=CC(CC)C=C4)C2)C1. The van der Waals surface area contributed by atoms with Crippen LogP contribution in [0.25, 0.3) is 0 Å². The maximum absolute atomic E-state index is 13.4. The maximum Gasteiger partial charge on any atom is 0.324 e. The molecule has 3 heterocycles. The van der Waals surface area contributed by atoms with Gasteiger partial charge in [-0.15, -0.1) is 0 Å². The van der Waals surface area contributed by atoms with E-state index < -0.39 is 0 Å². The van der Waals surface area contributed by atoms with E-state index >= 15 is 0 Å². The molecule has 1 spiro atoms. The van der Waals surface area contributed by atoms with Crippen molar-refractivity contribution in [2.75, 3.05) is 59.0 Å². The zero-order valence-electron chi connectivity index (χ0n) is 19.4. The third kappa shape index (κ3) is 4.58. The van der Waals surface area contributed by atoms with Crippen LogP contribution in [0.5, 0.6) is 0 Å². The third-order valence-electron chi connectivity index (χ3n) is 6.61. The van der Waals surface area contributed by atoms with Gasteiger partial charge < -0.3 is 14.5 Å². The molecule has 0 radical (unpaired) electrons. The van der Waals surface area contributed by atoms with E-state index in [1.165, 1.54) is 0 Å². The quantitative estimate of drug-likeness (QED) is 0.490. The molecule has 2 amide bonds. The Balaban J connectivity index is 1.37. The normalized spacial score (nSPS) is 24.9. The number of ether oxygens (including phenoxy) is 1. The smallest absolute Gasteiger partial charge is 0.324 e. The summed E-state index contributed by atoms with van der Waals surface area (Å²) in [6, 6.07) is 0.0955. The van der Waals surface area contributed by atoms with Crippen LogP contribution in [0, 0.1) is 11.3 Å². The molecular formula is C25H35N5O2. The molecule has 0 saturated carbocycles. The number of likely N-dealkylation sites (tertiary alicyclic amines) is 2. The lowest BCUT2D eigenvalue weighted by Crippen LogP contribution is -2.74. The molecule has 32 heavy (non-hydrogen) atoms. The largest absolute Gasteiger partial charge is 0.375 e. The number of hydrogen-bond donors (Lipinski definition) is 0. The summed E-state index contributed by atoms with van der Waals surface area (Å²) >= 11 is 0. The molecule has 0 aromatic carbocycles. The van der Waals surface area contributed by atoms with Crippen LogP contribution in [-0.4, -0.2) is 91.8 Å². The Labute approximate surface area is 191 Å². The first-order chi connectivity index (χ1) is 15.6. The Morgan fingerprint density at radius 2 is 1.97 bits per heavy atom. The monoisotopic (exact) mass is 437 g/mol. The van der Waals surface area contributed by atoms with Gasteiger partial charge in [0.1, 0.15) is 5.84 Å². The summed E-state index contributed by atoms with van der Waals surface area (Å²) in [7, 11) is 0. The summed E-state index contributed by atoms with van der Waals surface area (Å²) < 4.78 is 5.78. The molecular weight excluding hydrogens is 402 g/mol. The molecule has 1 atom stereocenters. The standard InChI is InChI=1S/C25H35N5O2/c1-4-11-26-14-23(27-6-3)28-16-25(17-28)18-29(19-25)24(31)30-12-13-32-15-21-9-7-20(5-2)8-10-22(21)30/h4,7-11,20H,1,5-6,12-19H2,2-3H3/b26-11-,27-23+. The van der Waals surface area contributed by atoms with Crippen molar-refractivity contribution in [3.8, 4) is 0 Å². The van der Waals surface area contributed by atoms with E-state index in [-0.39, 0.29) is 11.4 Å². The second-order valence-corrected chi connectivity index (χ2v) is 9.02. The van der Waals surface area contributed by atoms with Gasteiger partial charge in [0.15, 0.2) is 0 Å². The van der Waals surface area contributed by atoms with Gasteiger partial charge in [-0.2, -0.15) is 0 Å². The van der Waals surface area contributed by atoms with Crippen LogP contribution in [0.3, 0.4) is 0 Å². The second kappa shape index (κ2) is 9.86. The molecule has 4 rings (SSSR count). The van der Waals surface area contributed by atoms with Crippen molar-refractivity contribution in [2.45, 2.75) is 20.3 Å². The van der Waals surface area contributed by atoms with Crippen molar-refractivity contribution < 1.29 is 9.53 Å². The number of urea groups is 1. The molecule has 172 valence electrons. The van der Waals surface area contributed by atoms with Crippen LogP contribution in [0.4, 0.5) is 4.79 Å². The molecule has 7 nitrogen and oxygen atoms in total. The van der Waals surface area contributed by atoms with E-state index in [2.05, 4.69) is 52.7 Å². The summed E-state index contributed by atoms with van der Waals surface area (Å²) in [5.74, 6) is 1.43. The fraction of sp³-hybridized carbons (Fsp3) is 0.560. The van der Waals surface area contributed by atoms with Crippen molar-refractivity contribution in [1.82, 2.24) is 14.7 Å². The highest BCUT2D eigenvalue weighted by molar-refractivity contribution is 5.87. The Hall–Kier alpha value is -2.67. The van der Waals surface area contributed by atoms with Crippen LogP contribution >= 0.6 is 0 Å². The first kappa shape index (κ1) is 22.5. The fourth-order valence-electron chi connectivity index (χ4n) is 4.88. The van der Waals surface area contributed by atoms with Crippen molar-refractivity contribution in [1.29, 1.82) is 0 Å². The zero-order chi connectivity index (χ0) is 22.6. The molecule has 4 aliphatic rings. The molecule has 2 saturated heterocycles. The molecule has 1 aliphatic carbocycles. The second-order valence-electron chi connectivity index (χ2n) is 9.02. The topological polar surface area (TPSA) is 60.7 Å². The summed E-state index contributed by atoms with van der Waals surface area (Å²) in [6.45, 7) is 14.4. The van der Waals surface area contributed by atoms with E-state index in [1.54, 1.807) is 12.3 Å². The Bertz CT molecular complexity index is 871. The summed E-state index contributed by atoms with van der Waals surface area (Å²) in [5.41, 5.74) is 2.28. The summed E-state index contributed by atoms with van der Waals surface area (Å²) in [5, 5.41) is 0. The summed E-state index contributed by atoms with van der Waals surface area (Å²) in [4.78, 5) is 28.6. The van der Waals surface area contributed by atoms with E-state index in [0.717, 1.165) is 56.3 Å². The van der Waals surface area contributed by atoms with Crippen LogP contribution in [-0.2, 0) is 4.74 Å². The van der Waals surface area contributed by atoms with E-state index in [9.17, 15) is 4.79 Å². The van der Waals surface area contributed by atoms with Crippen molar-refractivity contribution in [2.24, 2.45) is 21.3 Å². The lowest BCUT2D eigenvalue weighted by molar-refractivity contribution is -0.0685. The third-order valence-corrected chi connectivity index (χ3v) is 6.61. The van der Waals surface area contributed by atoms with Gasteiger partial charge in [-0.1, -0.05) is 37.8 Å². The number of hydrogen-bond acceptors (Lipinski definition) is 4. The van der Waals surface area contributed by atoms with Gasteiger partial charge in [0.25, 0.3) is 0 Å². The van der Waals surface area contributed by atoms with Crippen molar-refractivity contribution in [3.05, 3.63) is 48.2 Å². The minimum Gasteiger partial charge on any atom is -0.375 e. The number of amidine groups is 1. The molecule has 0 bridgehead atoms. The van der Waals surface area contributed by atoms with Gasteiger partial charge in [0.05, 0.1) is 32.0 Å². The average Bonchev–Trinajstić information content (AvgIpc) is 3.06. The zero-order valence-corrected chi connectivity index (χ0v) is 19.4. The molecule has 3 aliphatic heterocycles. The van der Waals surface area contributed by atoms with Crippen molar-refractivity contribution >= 4 is 18.1 Å². The minimum atomic E-state index is 0.0955. The van der Waals surface area contributed by atoms with Gasteiger partial charge in [-0.05, 0) is 25.3 Å². The highest BCUT2D eigenvalue weighted by atomic mass is 16.5. The minimum absolute atomic E-state index is 0.0955. The summed E-state index contributed by atoms with van der Waals surface area (Å²) in [6.07, 6.45) is 13.1. The van der Waals surface area contributed by atoms with E-state index in [4.69, 9.17) is 4.74 Å². The number of rotatable bonds is 5. The van der Waals surface area contributed by atoms with Crippen LogP contribution in [0.15, 0.2) is 58.2 Å². The number of nitrogens with zero attached hydrogens (tertiary/aromatic N) is 5. The number of amides is 2. The van der Waals surface area contributed by atoms with Crippen LogP contribution < -0.4 is 0 Å². The Kier molecular flexibility index (Phi) is 6.94. The molecule has 1 unspecified atom stereocenters. The molecule has 0 aromatic heterocycles. The van der Waals surface area contributed by atoms with E-state index in [0.29, 0.717) is 32.2 Å². The first-order valence-corrected chi connectivity index (χ1v) is 11.7. The Morgan fingerprint density at radius 1 is 1.22 bits per heavy atom. The lowest BCUT2D eigenvalue weighted by atomic mass is 9.73. The number of allylic oxidation sites excluding steroid dienone is 4. The highest BCUT2D eigenvalue weighted by Crippen LogP contribution is 2.41. The molecule has 7 heteroatoms. The van der Waals surface area contributed by atoms with Gasteiger partial charge in [0, 0.05) is 49.9 Å². The van der Waals surface area contributed by atoms with Crippen LogP contribution in [0.1, 0.15) is 20.3 Å².